The van der Waals surface area contributed by atoms with Crippen LogP contribution in [0.4, 0.5) is 0 Å². The molecule has 0 radical (unpaired) electrons. The molecule has 0 aliphatic heterocycles. The van der Waals surface area contributed by atoms with E-state index in [0.717, 1.165) is 18.4 Å². The summed E-state index contributed by atoms with van der Waals surface area (Å²) in [6.07, 6.45) is 4.60. The van der Waals surface area contributed by atoms with Crippen LogP contribution in [0.3, 0.4) is 0 Å². The number of unbranched alkanes of at least 4 members (excludes halogenated alkanes) is 1. The number of benzene rings is 1. The number of carbonyl (C=O) groups is 1. The van der Waals surface area contributed by atoms with Gasteiger partial charge in [-0.2, -0.15) is 0 Å². The van der Waals surface area contributed by atoms with Gasteiger partial charge in [0.1, 0.15) is 5.75 Å². The van der Waals surface area contributed by atoms with E-state index in [1.54, 1.807) is 12.1 Å². The number of rotatable bonds is 7. The molecule has 0 aliphatic rings. The number of carbonyl (C=O) groups excluding carboxylic acids is 1. The highest BCUT2D eigenvalue weighted by molar-refractivity contribution is 5.96. The molecule has 2 N–H and O–H groups in total. The third-order valence-electron chi connectivity index (χ3n) is 3.49. The maximum atomic E-state index is 12.0. The zero-order chi connectivity index (χ0) is 14.3. The molecule has 1 aromatic carbocycles. The van der Waals surface area contributed by atoms with E-state index < -0.39 is 0 Å². The van der Waals surface area contributed by atoms with Gasteiger partial charge in [0, 0.05) is 6.54 Å². The molecular weight excluding hydrogens is 238 g/mol. The smallest absolute Gasteiger partial charge is 0.255 e. The minimum absolute atomic E-state index is 0.0547. The first-order valence-electron chi connectivity index (χ1n) is 7.16. The van der Waals surface area contributed by atoms with Crippen LogP contribution in [-0.2, 0) is 0 Å². The van der Waals surface area contributed by atoms with Crippen LogP contribution in [0.2, 0.25) is 0 Å². The van der Waals surface area contributed by atoms with Crippen LogP contribution >= 0.6 is 0 Å². The highest BCUT2D eigenvalue weighted by Crippen LogP contribution is 2.18. The lowest BCUT2D eigenvalue weighted by Crippen LogP contribution is -2.29. The van der Waals surface area contributed by atoms with Gasteiger partial charge in [-0.1, -0.05) is 39.2 Å². The average molecular weight is 263 g/mol. The van der Waals surface area contributed by atoms with Gasteiger partial charge in [-0.05, 0) is 37.0 Å². The van der Waals surface area contributed by atoms with Crippen molar-refractivity contribution < 1.29 is 9.90 Å². The van der Waals surface area contributed by atoms with Gasteiger partial charge >= 0.3 is 0 Å². The Labute approximate surface area is 116 Å². The van der Waals surface area contributed by atoms with Crippen LogP contribution in [0.15, 0.2) is 18.2 Å². The number of nitrogens with one attached hydrogen (secondary N) is 1. The van der Waals surface area contributed by atoms with E-state index >= 15 is 0 Å². The average Bonchev–Trinajstić information content (AvgIpc) is 2.38. The number of hydrogen-bond acceptors (Lipinski definition) is 2. The van der Waals surface area contributed by atoms with Crippen LogP contribution in [-0.4, -0.2) is 17.6 Å². The normalized spacial score (nSPS) is 12.2. The van der Waals surface area contributed by atoms with Crippen molar-refractivity contribution in [2.24, 2.45) is 5.92 Å². The lowest BCUT2D eigenvalue weighted by Gasteiger charge is -2.15. The molecule has 0 heterocycles. The molecule has 0 fully saturated rings. The summed E-state index contributed by atoms with van der Waals surface area (Å²) in [4.78, 5) is 12.0. The highest BCUT2D eigenvalue weighted by atomic mass is 16.3. The molecule has 0 saturated carbocycles. The molecular formula is C16H25NO2. The fraction of sp³-hybridized carbons (Fsp3) is 0.562. The molecule has 19 heavy (non-hydrogen) atoms. The van der Waals surface area contributed by atoms with Gasteiger partial charge < -0.3 is 10.4 Å². The van der Waals surface area contributed by atoms with Crippen molar-refractivity contribution in [3.8, 4) is 5.75 Å². The SMILES string of the molecule is CCCCC(CC)CNC(=O)c1ccc(C)cc1O. The van der Waals surface area contributed by atoms with E-state index in [2.05, 4.69) is 19.2 Å². The second-order valence-corrected chi connectivity index (χ2v) is 5.15. The van der Waals surface area contributed by atoms with E-state index in [0.29, 0.717) is 18.0 Å². The standard InChI is InChI=1S/C16H25NO2/c1-4-6-7-13(5-2)11-17-16(19)14-9-8-12(3)10-15(14)18/h8-10,13,18H,4-7,11H2,1-3H3,(H,17,19). The molecule has 3 nitrogen and oxygen atoms in total. The molecule has 0 aromatic heterocycles. The van der Waals surface area contributed by atoms with Crippen molar-refractivity contribution in [3.63, 3.8) is 0 Å². The zero-order valence-electron chi connectivity index (χ0n) is 12.2. The van der Waals surface area contributed by atoms with Gasteiger partial charge in [-0.15, -0.1) is 0 Å². The number of aryl methyl sites for hydroxylation is 1. The Morgan fingerprint density at radius 3 is 2.68 bits per heavy atom. The van der Waals surface area contributed by atoms with E-state index in [-0.39, 0.29) is 11.7 Å². The summed E-state index contributed by atoms with van der Waals surface area (Å²) < 4.78 is 0. The number of phenols is 1. The fourth-order valence-electron chi connectivity index (χ4n) is 2.11. The van der Waals surface area contributed by atoms with Crippen LogP contribution < -0.4 is 5.32 Å². The maximum Gasteiger partial charge on any atom is 0.255 e. The Kier molecular flexibility index (Phi) is 6.40. The van der Waals surface area contributed by atoms with E-state index in [1.807, 2.05) is 13.0 Å². The van der Waals surface area contributed by atoms with Crippen molar-refractivity contribution >= 4 is 5.91 Å². The monoisotopic (exact) mass is 263 g/mol. The van der Waals surface area contributed by atoms with Crippen molar-refractivity contribution in [3.05, 3.63) is 29.3 Å². The Bertz CT molecular complexity index is 415. The third-order valence-corrected chi connectivity index (χ3v) is 3.49. The minimum Gasteiger partial charge on any atom is -0.507 e. The first-order valence-corrected chi connectivity index (χ1v) is 7.16. The molecule has 0 bridgehead atoms. The fourth-order valence-corrected chi connectivity index (χ4v) is 2.11. The molecule has 1 aromatic rings. The van der Waals surface area contributed by atoms with E-state index in [4.69, 9.17) is 0 Å². The maximum absolute atomic E-state index is 12.0. The van der Waals surface area contributed by atoms with Crippen LogP contribution in [0.25, 0.3) is 0 Å². The predicted octanol–water partition coefficient (Wildman–Crippen LogP) is 3.65. The minimum atomic E-state index is -0.188. The van der Waals surface area contributed by atoms with Crippen LogP contribution in [0.5, 0.6) is 5.75 Å². The van der Waals surface area contributed by atoms with Crippen molar-refractivity contribution in [2.45, 2.75) is 46.5 Å². The summed E-state index contributed by atoms with van der Waals surface area (Å²) in [6.45, 7) is 6.90. The third kappa shape index (κ3) is 4.93. The van der Waals surface area contributed by atoms with Crippen LogP contribution in [0.1, 0.15) is 55.5 Å². The predicted molar refractivity (Wildman–Crippen MR) is 78.5 cm³/mol. The number of amides is 1. The van der Waals surface area contributed by atoms with Gasteiger partial charge in [-0.3, -0.25) is 4.79 Å². The van der Waals surface area contributed by atoms with Crippen LogP contribution in [0, 0.1) is 12.8 Å². The zero-order valence-corrected chi connectivity index (χ0v) is 12.2. The molecule has 1 rings (SSSR count). The lowest BCUT2D eigenvalue weighted by molar-refractivity contribution is 0.0943. The molecule has 3 heteroatoms. The van der Waals surface area contributed by atoms with Crippen molar-refractivity contribution in [2.75, 3.05) is 6.54 Å². The van der Waals surface area contributed by atoms with Crippen molar-refractivity contribution in [1.82, 2.24) is 5.32 Å². The number of aromatic hydroxyl groups is 1. The quantitative estimate of drug-likeness (QED) is 0.789. The summed E-state index contributed by atoms with van der Waals surface area (Å²) >= 11 is 0. The Morgan fingerprint density at radius 2 is 2.11 bits per heavy atom. The summed E-state index contributed by atoms with van der Waals surface area (Å²) in [5.41, 5.74) is 1.30. The topological polar surface area (TPSA) is 49.3 Å². The van der Waals surface area contributed by atoms with E-state index in [9.17, 15) is 9.90 Å². The molecule has 106 valence electrons. The highest BCUT2D eigenvalue weighted by Gasteiger charge is 2.13. The molecule has 1 amide bonds. The van der Waals surface area contributed by atoms with Gasteiger partial charge in [0.25, 0.3) is 5.91 Å². The van der Waals surface area contributed by atoms with Gasteiger partial charge in [0.05, 0.1) is 5.56 Å². The lowest BCUT2D eigenvalue weighted by atomic mass is 9.99. The summed E-state index contributed by atoms with van der Waals surface area (Å²) in [6, 6.07) is 5.12. The summed E-state index contributed by atoms with van der Waals surface area (Å²) in [5.74, 6) is 0.392. The first kappa shape index (κ1) is 15.5. The molecule has 1 atom stereocenters. The Hall–Kier alpha value is -1.51. The summed E-state index contributed by atoms with van der Waals surface area (Å²) in [5, 5.41) is 12.7. The first-order chi connectivity index (χ1) is 9.08. The number of hydrogen-bond donors (Lipinski definition) is 2. The Balaban J connectivity index is 2.54. The van der Waals surface area contributed by atoms with Gasteiger partial charge in [0.15, 0.2) is 0 Å². The largest absolute Gasteiger partial charge is 0.507 e. The molecule has 0 aliphatic carbocycles. The second kappa shape index (κ2) is 7.82. The molecule has 0 saturated heterocycles. The Morgan fingerprint density at radius 1 is 1.37 bits per heavy atom. The molecule has 0 spiro atoms. The van der Waals surface area contributed by atoms with Gasteiger partial charge in [-0.25, -0.2) is 0 Å². The second-order valence-electron chi connectivity index (χ2n) is 5.15. The van der Waals surface area contributed by atoms with Gasteiger partial charge in [0.2, 0.25) is 0 Å². The molecule has 1 unspecified atom stereocenters. The summed E-state index contributed by atoms with van der Waals surface area (Å²) in [7, 11) is 0. The van der Waals surface area contributed by atoms with E-state index in [1.165, 1.54) is 12.8 Å². The van der Waals surface area contributed by atoms with Crippen molar-refractivity contribution in [1.29, 1.82) is 0 Å². The number of phenolic OH excluding ortho intramolecular Hbond substituents is 1.